The van der Waals surface area contributed by atoms with Crippen molar-refractivity contribution in [1.29, 1.82) is 0 Å². The zero-order chi connectivity index (χ0) is 19.5. The highest BCUT2D eigenvalue weighted by Gasteiger charge is 2.28. The molecule has 4 rings (SSSR count). The van der Waals surface area contributed by atoms with E-state index < -0.39 is 0 Å². The van der Waals surface area contributed by atoms with Gasteiger partial charge in [0.2, 0.25) is 0 Å². The van der Waals surface area contributed by atoms with Crippen molar-refractivity contribution >= 4 is 11.6 Å². The topological polar surface area (TPSA) is 83.1 Å². The molecule has 28 heavy (non-hydrogen) atoms. The summed E-state index contributed by atoms with van der Waals surface area (Å²) in [7, 11) is 0. The molecule has 2 aliphatic rings. The van der Waals surface area contributed by atoms with Crippen LogP contribution in [0.5, 0.6) is 0 Å². The van der Waals surface area contributed by atoms with Gasteiger partial charge in [0.05, 0.1) is 36.9 Å². The van der Waals surface area contributed by atoms with E-state index in [1.54, 1.807) is 12.4 Å². The average Bonchev–Trinajstić information content (AvgIpc) is 3.15. The van der Waals surface area contributed by atoms with Crippen molar-refractivity contribution in [3.63, 3.8) is 0 Å². The maximum absolute atomic E-state index is 12.4. The van der Waals surface area contributed by atoms with Crippen LogP contribution in [-0.4, -0.2) is 58.3 Å². The third kappa shape index (κ3) is 4.10. The number of rotatable bonds is 4. The van der Waals surface area contributed by atoms with Gasteiger partial charge in [0.1, 0.15) is 0 Å². The summed E-state index contributed by atoms with van der Waals surface area (Å²) in [5.74, 6) is 0.351. The van der Waals surface area contributed by atoms with Gasteiger partial charge in [-0.15, -0.1) is 0 Å². The maximum Gasteiger partial charge on any atom is 0.259 e. The monoisotopic (exact) mass is 383 g/mol. The van der Waals surface area contributed by atoms with Crippen LogP contribution in [0, 0.1) is 13.8 Å². The lowest BCUT2D eigenvalue weighted by Gasteiger charge is -2.38. The molecule has 0 spiro atoms. The molecule has 2 N–H and O–H groups in total. The summed E-state index contributed by atoms with van der Waals surface area (Å²) in [5.41, 5.74) is 4.38. The Morgan fingerprint density at radius 3 is 2.57 bits per heavy atom. The van der Waals surface area contributed by atoms with Crippen molar-refractivity contribution in [2.24, 2.45) is 0 Å². The number of morpholine rings is 1. The van der Waals surface area contributed by atoms with Crippen LogP contribution in [0.4, 0.5) is 5.69 Å². The second-order valence-electron chi connectivity index (χ2n) is 7.94. The first-order valence-corrected chi connectivity index (χ1v) is 10.2. The molecule has 1 amide bonds. The molecule has 0 atom stereocenters. The Bertz CT molecular complexity index is 820. The first-order valence-electron chi connectivity index (χ1n) is 10.2. The molecule has 150 valence electrons. The van der Waals surface area contributed by atoms with Gasteiger partial charge in [0.25, 0.3) is 5.91 Å². The first kappa shape index (κ1) is 19.1. The molecule has 7 nitrogen and oxygen atoms in total. The zero-order valence-electron chi connectivity index (χ0n) is 16.7. The number of aryl methyl sites for hydroxylation is 2. The van der Waals surface area contributed by atoms with E-state index in [1.165, 1.54) is 31.4 Å². The lowest BCUT2D eigenvalue weighted by atomic mass is 9.82. The second-order valence-corrected chi connectivity index (χ2v) is 7.94. The molecule has 7 heteroatoms. The number of aromatic nitrogens is 3. The predicted molar refractivity (Wildman–Crippen MR) is 108 cm³/mol. The van der Waals surface area contributed by atoms with Crippen LogP contribution in [0.25, 0.3) is 0 Å². The number of carbonyl (C=O) groups excluding carboxylic acids is 1. The Morgan fingerprint density at radius 2 is 1.93 bits per heavy atom. The summed E-state index contributed by atoms with van der Waals surface area (Å²) < 4.78 is 5.48. The number of nitrogens with one attached hydrogen (secondary N) is 2. The summed E-state index contributed by atoms with van der Waals surface area (Å²) in [6, 6.07) is 2.72. The molecule has 2 aromatic rings. The third-order valence-corrected chi connectivity index (χ3v) is 6.10. The van der Waals surface area contributed by atoms with E-state index >= 15 is 0 Å². The van der Waals surface area contributed by atoms with Gasteiger partial charge in [0, 0.05) is 36.4 Å². The van der Waals surface area contributed by atoms with Gasteiger partial charge in [0.15, 0.2) is 0 Å². The van der Waals surface area contributed by atoms with E-state index in [-0.39, 0.29) is 5.91 Å². The highest BCUT2D eigenvalue weighted by atomic mass is 16.5. The first-order chi connectivity index (χ1) is 13.6. The molecular formula is C21H29N5O2. The molecule has 2 aromatic heterocycles. The normalized spacial score (nSPS) is 23.5. The van der Waals surface area contributed by atoms with Crippen LogP contribution >= 0.6 is 0 Å². The molecule has 3 heterocycles. The molecular weight excluding hydrogens is 354 g/mol. The number of hydrogen-bond donors (Lipinski definition) is 2. The van der Waals surface area contributed by atoms with Crippen LogP contribution in [0.15, 0.2) is 18.5 Å². The highest BCUT2D eigenvalue weighted by molar-refractivity contribution is 6.04. The Hall–Kier alpha value is -2.25. The number of carbonyl (C=O) groups is 1. The number of amides is 1. The molecule has 0 radical (unpaired) electrons. The third-order valence-electron chi connectivity index (χ3n) is 6.10. The molecule has 0 unspecified atom stereocenters. The van der Waals surface area contributed by atoms with Gasteiger partial charge in [-0.2, -0.15) is 5.10 Å². The van der Waals surface area contributed by atoms with E-state index in [0.717, 1.165) is 43.2 Å². The minimum absolute atomic E-state index is 0.161. The van der Waals surface area contributed by atoms with Crippen molar-refractivity contribution in [2.45, 2.75) is 51.5 Å². The molecule has 1 aliphatic carbocycles. The van der Waals surface area contributed by atoms with Gasteiger partial charge < -0.3 is 10.1 Å². The van der Waals surface area contributed by atoms with E-state index in [0.29, 0.717) is 17.5 Å². The minimum Gasteiger partial charge on any atom is -0.379 e. The fourth-order valence-corrected chi connectivity index (χ4v) is 4.52. The fourth-order valence-electron chi connectivity index (χ4n) is 4.52. The minimum atomic E-state index is -0.161. The number of aromatic amines is 1. The zero-order valence-corrected chi connectivity index (χ0v) is 16.7. The van der Waals surface area contributed by atoms with Gasteiger partial charge >= 0.3 is 0 Å². The predicted octanol–water partition coefficient (Wildman–Crippen LogP) is 3.03. The smallest absolute Gasteiger partial charge is 0.259 e. The Morgan fingerprint density at radius 1 is 1.18 bits per heavy atom. The number of nitrogens with zero attached hydrogens (tertiary/aromatic N) is 3. The van der Waals surface area contributed by atoms with E-state index in [1.807, 2.05) is 13.0 Å². The van der Waals surface area contributed by atoms with Crippen molar-refractivity contribution in [2.75, 3.05) is 31.6 Å². The maximum atomic E-state index is 12.4. The standard InChI is InChI=1S/C21H29N5O2/c1-14-11-17(24-21(27)19-13-23-25-15(19)2)12-22-20(14)16-3-5-18(6-4-16)26-7-9-28-10-8-26/h11-13,16,18H,3-10H2,1-2H3,(H,23,25)(H,24,27). The number of pyridine rings is 1. The van der Waals surface area contributed by atoms with Gasteiger partial charge in [-0.3, -0.25) is 19.8 Å². The van der Waals surface area contributed by atoms with Crippen molar-refractivity contribution in [3.8, 4) is 0 Å². The Balaban J connectivity index is 1.37. The number of ether oxygens (including phenoxy) is 1. The molecule has 2 fully saturated rings. The van der Waals surface area contributed by atoms with Crippen molar-refractivity contribution < 1.29 is 9.53 Å². The van der Waals surface area contributed by atoms with Crippen LogP contribution in [0.1, 0.15) is 58.9 Å². The van der Waals surface area contributed by atoms with E-state index in [4.69, 9.17) is 9.72 Å². The fraction of sp³-hybridized carbons (Fsp3) is 0.571. The van der Waals surface area contributed by atoms with Crippen molar-refractivity contribution in [1.82, 2.24) is 20.1 Å². The lowest BCUT2D eigenvalue weighted by molar-refractivity contribution is 0.00720. The molecule has 1 saturated carbocycles. The Labute approximate surface area is 165 Å². The molecule has 1 saturated heterocycles. The summed E-state index contributed by atoms with van der Waals surface area (Å²) >= 11 is 0. The van der Waals surface area contributed by atoms with E-state index in [9.17, 15) is 4.79 Å². The van der Waals surface area contributed by atoms with Crippen molar-refractivity contribution in [3.05, 3.63) is 41.0 Å². The molecule has 1 aliphatic heterocycles. The number of anilines is 1. The summed E-state index contributed by atoms with van der Waals surface area (Å²) in [5, 5.41) is 9.62. The lowest BCUT2D eigenvalue weighted by Crippen LogP contribution is -2.44. The number of hydrogen-bond acceptors (Lipinski definition) is 5. The largest absolute Gasteiger partial charge is 0.379 e. The summed E-state index contributed by atoms with van der Waals surface area (Å²) in [6.07, 6.45) is 8.13. The SMILES string of the molecule is Cc1cc(NC(=O)c2cn[nH]c2C)cnc1C1CCC(N2CCOCC2)CC1. The number of H-pyrrole nitrogens is 1. The second kappa shape index (κ2) is 8.41. The van der Waals surface area contributed by atoms with E-state index in [2.05, 4.69) is 27.3 Å². The summed E-state index contributed by atoms with van der Waals surface area (Å²) in [4.78, 5) is 19.7. The summed E-state index contributed by atoms with van der Waals surface area (Å²) in [6.45, 7) is 7.80. The van der Waals surface area contributed by atoms with Crippen LogP contribution in [0.2, 0.25) is 0 Å². The van der Waals surface area contributed by atoms with Gasteiger partial charge in [-0.05, 0) is 51.2 Å². The van der Waals surface area contributed by atoms with Gasteiger partial charge in [-0.1, -0.05) is 0 Å². The average molecular weight is 383 g/mol. The highest BCUT2D eigenvalue weighted by Crippen LogP contribution is 2.36. The van der Waals surface area contributed by atoms with Crippen LogP contribution in [0.3, 0.4) is 0 Å². The van der Waals surface area contributed by atoms with Crippen LogP contribution in [-0.2, 0) is 4.74 Å². The molecule has 0 bridgehead atoms. The quantitative estimate of drug-likeness (QED) is 0.848. The van der Waals surface area contributed by atoms with Gasteiger partial charge in [-0.25, -0.2) is 0 Å². The molecule has 0 aromatic carbocycles. The van der Waals surface area contributed by atoms with Crippen LogP contribution < -0.4 is 5.32 Å². The Kier molecular flexibility index (Phi) is 5.73.